The van der Waals surface area contributed by atoms with Crippen molar-refractivity contribution in [2.45, 2.75) is 56.9 Å². The molecule has 2 saturated carbocycles. The Morgan fingerprint density at radius 2 is 1.93 bits per heavy atom. The van der Waals surface area contributed by atoms with Crippen LogP contribution in [0.25, 0.3) is 0 Å². The van der Waals surface area contributed by atoms with Gasteiger partial charge >= 0.3 is 0 Å². The van der Waals surface area contributed by atoms with Crippen LogP contribution >= 0.6 is 0 Å². The molecule has 0 aromatic rings. The molecule has 3 nitrogen and oxygen atoms in total. The van der Waals surface area contributed by atoms with Crippen molar-refractivity contribution in [3.05, 3.63) is 0 Å². The molecule has 2 aliphatic rings. The molecule has 0 aromatic heterocycles. The first-order valence-corrected chi connectivity index (χ1v) is 6.24. The molecule has 2 fully saturated rings. The van der Waals surface area contributed by atoms with E-state index in [0.717, 1.165) is 19.3 Å². The third-order valence-electron chi connectivity index (χ3n) is 3.66. The molecule has 0 saturated heterocycles. The molecule has 3 N–H and O–H groups in total. The molecule has 0 atom stereocenters. The Hall–Kier alpha value is -0.570. The van der Waals surface area contributed by atoms with Crippen molar-refractivity contribution in [3.63, 3.8) is 0 Å². The Morgan fingerprint density at radius 3 is 2.53 bits per heavy atom. The van der Waals surface area contributed by atoms with Crippen LogP contribution in [0.5, 0.6) is 0 Å². The van der Waals surface area contributed by atoms with Gasteiger partial charge in [-0.25, -0.2) is 0 Å². The molecule has 0 aromatic carbocycles. The molecule has 0 aliphatic heterocycles. The lowest BCUT2D eigenvalue weighted by Gasteiger charge is -2.33. The van der Waals surface area contributed by atoms with E-state index in [9.17, 15) is 4.79 Å². The zero-order valence-corrected chi connectivity index (χ0v) is 9.43. The predicted molar refractivity (Wildman–Crippen MR) is 60.4 cm³/mol. The maximum absolute atomic E-state index is 11.5. The van der Waals surface area contributed by atoms with Gasteiger partial charge in [-0.15, -0.1) is 0 Å². The van der Waals surface area contributed by atoms with Gasteiger partial charge in [0.25, 0.3) is 0 Å². The lowest BCUT2D eigenvalue weighted by molar-refractivity contribution is -0.121. The second-order valence-electron chi connectivity index (χ2n) is 5.35. The van der Waals surface area contributed by atoms with Crippen molar-refractivity contribution in [2.75, 3.05) is 6.54 Å². The number of rotatable bonds is 4. The van der Waals surface area contributed by atoms with Gasteiger partial charge in [-0.1, -0.05) is 19.3 Å². The van der Waals surface area contributed by atoms with E-state index in [4.69, 9.17) is 5.73 Å². The van der Waals surface area contributed by atoms with E-state index in [1.165, 1.54) is 32.1 Å². The van der Waals surface area contributed by atoms with E-state index in [2.05, 4.69) is 5.32 Å². The van der Waals surface area contributed by atoms with E-state index in [0.29, 0.717) is 12.5 Å². The van der Waals surface area contributed by atoms with Crippen LogP contribution in [0.15, 0.2) is 0 Å². The average molecular weight is 210 g/mol. The van der Waals surface area contributed by atoms with Crippen LogP contribution in [0.4, 0.5) is 0 Å². The summed E-state index contributed by atoms with van der Waals surface area (Å²) in [6, 6.07) is 0. The van der Waals surface area contributed by atoms with Crippen LogP contribution in [0.3, 0.4) is 0 Å². The standard InChI is InChI=1S/C12H22N2O/c13-12(6-2-1-3-7-12)9-14-11(15)8-10-4-5-10/h10H,1-9,13H2,(H,14,15). The van der Waals surface area contributed by atoms with E-state index < -0.39 is 0 Å². The van der Waals surface area contributed by atoms with Crippen LogP contribution in [-0.2, 0) is 4.79 Å². The number of carbonyl (C=O) groups excluding carboxylic acids is 1. The Bertz CT molecular complexity index is 230. The van der Waals surface area contributed by atoms with Gasteiger partial charge in [0, 0.05) is 18.5 Å². The highest BCUT2D eigenvalue weighted by molar-refractivity contribution is 5.76. The molecular weight excluding hydrogens is 188 g/mol. The molecule has 0 heterocycles. The summed E-state index contributed by atoms with van der Waals surface area (Å²) in [5.41, 5.74) is 6.13. The van der Waals surface area contributed by atoms with E-state index in [1.54, 1.807) is 0 Å². The highest BCUT2D eigenvalue weighted by atomic mass is 16.1. The first-order chi connectivity index (χ1) is 7.18. The summed E-state index contributed by atoms with van der Waals surface area (Å²) in [6.07, 6.45) is 9.06. The van der Waals surface area contributed by atoms with E-state index in [1.807, 2.05) is 0 Å². The van der Waals surface area contributed by atoms with Crippen molar-refractivity contribution >= 4 is 5.91 Å². The minimum Gasteiger partial charge on any atom is -0.354 e. The molecule has 0 spiro atoms. The molecule has 0 bridgehead atoms. The van der Waals surface area contributed by atoms with Crippen LogP contribution in [-0.4, -0.2) is 18.0 Å². The zero-order chi connectivity index (χ0) is 10.7. The zero-order valence-electron chi connectivity index (χ0n) is 9.43. The highest BCUT2D eigenvalue weighted by Crippen LogP contribution is 2.32. The summed E-state index contributed by atoms with van der Waals surface area (Å²) < 4.78 is 0. The molecule has 0 radical (unpaired) electrons. The van der Waals surface area contributed by atoms with Gasteiger partial charge in [-0.3, -0.25) is 4.79 Å². The fraction of sp³-hybridized carbons (Fsp3) is 0.917. The minimum absolute atomic E-state index is 0.114. The number of nitrogens with two attached hydrogens (primary N) is 1. The van der Waals surface area contributed by atoms with Crippen molar-refractivity contribution in [1.29, 1.82) is 0 Å². The van der Waals surface area contributed by atoms with Gasteiger partial charge in [-0.2, -0.15) is 0 Å². The fourth-order valence-corrected chi connectivity index (χ4v) is 2.36. The Morgan fingerprint density at radius 1 is 1.27 bits per heavy atom. The van der Waals surface area contributed by atoms with Crippen molar-refractivity contribution in [2.24, 2.45) is 11.7 Å². The topological polar surface area (TPSA) is 55.1 Å². The van der Waals surface area contributed by atoms with Crippen LogP contribution in [0.1, 0.15) is 51.4 Å². The molecule has 0 unspecified atom stereocenters. The smallest absolute Gasteiger partial charge is 0.220 e. The second-order valence-corrected chi connectivity index (χ2v) is 5.35. The Balaban J connectivity index is 1.68. The van der Waals surface area contributed by atoms with Crippen LogP contribution in [0, 0.1) is 5.92 Å². The summed E-state index contributed by atoms with van der Waals surface area (Å²) in [5, 5.41) is 3.00. The maximum atomic E-state index is 11.5. The summed E-state index contributed by atoms with van der Waals surface area (Å²) in [6.45, 7) is 0.679. The number of hydrogen-bond donors (Lipinski definition) is 2. The molecule has 86 valence electrons. The first-order valence-electron chi connectivity index (χ1n) is 6.24. The molecular formula is C12H22N2O. The van der Waals surface area contributed by atoms with Crippen molar-refractivity contribution in [3.8, 4) is 0 Å². The van der Waals surface area contributed by atoms with Crippen LogP contribution in [0.2, 0.25) is 0 Å². The van der Waals surface area contributed by atoms with Gasteiger partial charge in [0.1, 0.15) is 0 Å². The van der Waals surface area contributed by atoms with Gasteiger partial charge < -0.3 is 11.1 Å². The fourth-order valence-electron chi connectivity index (χ4n) is 2.36. The maximum Gasteiger partial charge on any atom is 0.220 e. The lowest BCUT2D eigenvalue weighted by Crippen LogP contribution is -2.51. The lowest BCUT2D eigenvalue weighted by atomic mass is 9.82. The SMILES string of the molecule is NC1(CNC(=O)CC2CC2)CCCCC1. The summed E-state index contributed by atoms with van der Waals surface area (Å²) in [7, 11) is 0. The Labute approximate surface area is 91.8 Å². The number of amides is 1. The molecule has 1 amide bonds. The number of hydrogen-bond acceptors (Lipinski definition) is 2. The number of nitrogens with one attached hydrogen (secondary N) is 1. The van der Waals surface area contributed by atoms with Gasteiger partial charge in [0.05, 0.1) is 0 Å². The van der Waals surface area contributed by atoms with Gasteiger partial charge in [0.2, 0.25) is 5.91 Å². The van der Waals surface area contributed by atoms with Gasteiger partial charge in [-0.05, 0) is 31.6 Å². The number of carbonyl (C=O) groups is 1. The molecule has 2 rings (SSSR count). The predicted octanol–water partition coefficient (Wildman–Crippen LogP) is 1.56. The minimum atomic E-state index is -0.114. The summed E-state index contributed by atoms with van der Waals surface area (Å²) in [5.74, 6) is 0.873. The average Bonchev–Trinajstić information content (AvgIpc) is 3.00. The molecule has 2 aliphatic carbocycles. The quantitative estimate of drug-likeness (QED) is 0.740. The third-order valence-corrected chi connectivity index (χ3v) is 3.66. The van der Waals surface area contributed by atoms with E-state index >= 15 is 0 Å². The van der Waals surface area contributed by atoms with Gasteiger partial charge in [0.15, 0.2) is 0 Å². The Kier molecular flexibility index (Phi) is 3.29. The molecule has 15 heavy (non-hydrogen) atoms. The van der Waals surface area contributed by atoms with Crippen molar-refractivity contribution in [1.82, 2.24) is 5.32 Å². The first kappa shape index (κ1) is 10.9. The largest absolute Gasteiger partial charge is 0.354 e. The normalized spacial score (nSPS) is 24.9. The molecule has 3 heteroatoms. The second kappa shape index (κ2) is 4.52. The van der Waals surface area contributed by atoms with Crippen LogP contribution < -0.4 is 11.1 Å². The summed E-state index contributed by atoms with van der Waals surface area (Å²) in [4.78, 5) is 11.5. The highest BCUT2D eigenvalue weighted by Gasteiger charge is 2.29. The monoisotopic (exact) mass is 210 g/mol. The third kappa shape index (κ3) is 3.49. The summed E-state index contributed by atoms with van der Waals surface area (Å²) >= 11 is 0. The van der Waals surface area contributed by atoms with E-state index in [-0.39, 0.29) is 11.4 Å². The van der Waals surface area contributed by atoms with Crippen molar-refractivity contribution < 1.29 is 4.79 Å².